The Morgan fingerprint density at radius 1 is 1.19 bits per heavy atom. The van der Waals surface area contributed by atoms with E-state index in [1.807, 2.05) is 35.7 Å². The standard InChI is InChI=1S/C19H16N4OS2/c1-12-16-18(26-17(12)13-5-3-6-14(9-13)24-2)19(21-11-20-16)23-22-10-15-7-4-8-25-15/h3-11H,1-2H3,(H,20,21,23). The Hall–Kier alpha value is -2.77. The highest BCUT2D eigenvalue weighted by molar-refractivity contribution is 7.23. The predicted octanol–water partition coefficient (Wildman–Crippen LogP) is 5.18. The molecule has 1 N–H and O–H groups in total. The van der Waals surface area contributed by atoms with Crippen molar-refractivity contribution in [1.82, 2.24) is 9.97 Å². The van der Waals surface area contributed by atoms with Gasteiger partial charge >= 0.3 is 0 Å². The fourth-order valence-electron chi connectivity index (χ4n) is 2.66. The number of nitrogens with one attached hydrogen (secondary N) is 1. The number of nitrogens with zero attached hydrogens (tertiary/aromatic N) is 3. The lowest BCUT2D eigenvalue weighted by Crippen LogP contribution is -1.93. The quantitative estimate of drug-likeness (QED) is 0.383. The summed E-state index contributed by atoms with van der Waals surface area (Å²) in [6.45, 7) is 2.08. The molecule has 0 aliphatic heterocycles. The van der Waals surface area contributed by atoms with Crippen LogP contribution in [0.5, 0.6) is 5.75 Å². The van der Waals surface area contributed by atoms with E-state index >= 15 is 0 Å². The molecular formula is C19H16N4OS2. The Morgan fingerprint density at radius 3 is 2.92 bits per heavy atom. The average Bonchev–Trinajstić information content (AvgIpc) is 3.31. The van der Waals surface area contributed by atoms with Gasteiger partial charge in [0.25, 0.3) is 0 Å². The normalized spacial score (nSPS) is 11.3. The molecule has 0 aliphatic carbocycles. The van der Waals surface area contributed by atoms with Crippen LogP contribution in [0.4, 0.5) is 5.82 Å². The molecule has 0 atom stereocenters. The Balaban J connectivity index is 1.72. The summed E-state index contributed by atoms with van der Waals surface area (Å²) in [7, 11) is 1.68. The zero-order valence-electron chi connectivity index (χ0n) is 14.3. The number of methoxy groups -OCH3 is 1. The van der Waals surface area contributed by atoms with Gasteiger partial charge in [-0.3, -0.25) is 5.43 Å². The summed E-state index contributed by atoms with van der Waals surface area (Å²) in [6, 6.07) is 12.1. The second-order valence-corrected chi connectivity index (χ2v) is 7.57. The maximum absolute atomic E-state index is 5.35. The van der Waals surface area contributed by atoms with Crippen molar-refractivity contribution in [1.29, 1.82) is 0 Å². The average molecular weight is 380 g/mol. The fraction of sp³-hybridized carbons (Fsp3) is 0.105. The molecule has 0 unspecified atom stereocenters. The van der Waals surface area contributed by atoms with Gasteiger partial charge in [0.2, 0.25) is 0 Å². The molecule has 4 aromatic rings. The second kappa shape index (κ2) is 7.23. The number of aromatic nitrogens is 2. The molecule has 0 aliphatic rings. The molecule has 5 nitrogen and oxygen atoms in total. The number of hydrogen-bond acceptors (Lipinski definition) is 7. The molecule has 0 saturated heterocycles. The highest BCUT2D eigenvalue weighted by atomic mass is 32.1. The van der Waals surface area contributed by atoms with E-state index in [1.165, 1.54) is 0 Å². The molecule has 3 aromatic heterocycles. The van der Waals surface area contributed by atoms with Gasteiger partial charge in [0, 0.05) is 9.75 Å². The zero-order chi connectivity index (χ0) is 17.9. The maximum atomic E-state index is 5.35. The van der Waals surface area contributed by atoms with Crippen molar-refractivity contribution < 1.29 is 4.74 Å². The number of benzene rings is 1. The van der Waals surface area contributed by atoms with E-state index < -0.39 is 0 Å². The van der Waals surface area contributed by atoms with Crippen LogP contribution in [0, 0.1) is 6.92 Å². The molecular weight excluding hydrogens is 364 g/mol. The van der Waals surface area contributed by atoms with Gasteiger partial charge in [0.05, 0.1) is 23.5 Å². The van der Waals surface area contributed by atoms with Crippen LogP contribution in [0.2, 0.25) is 0 Å². The number of thiophene rings is 2. The van der Waals surface area contributed by atoms with E-state index in [-0.39, 0.29) is 0 Å². The molecule has 0 spiro atoms. The first-order valence-electron chi connectivity index (χ1n) is 7.97. The van der Waals surface area contributed by atoms with Gasteiger partial charge < -0.3 is 4.74 Å². The lowest BCUT2D eigenvalue weighted by Gasteiger charge is -2.03. The molecule has 0 bridgehead atoms. The van der Waals surface area contributed by atoms with Crippen LogP contribution in [0.15, 0.2) is 53.2 Å². The van der Waals surface area contributed by atoms with Gasteiger partial charge in [-0.1, -0.05) is 18.2 Å². The highest BCUT2D eigenvalue weighted by Crippen LogP contribution is 2.40. The summed E-state index contributed by atoms with van der Waals surface area (Å²) in [5, 5.41) is 6.33. The monoisotopic (exact) mass is 380 g/mol. The van der Waals surface area contributed by atoms with Crippen LogP contribution in [0.1, 0.15) is 10.4 Å². The zero-order valence-corrected chi connectivity index (χ0v) is 15.9. The van der Waals surface area contributed by atoms with Gasteiger partial charge in [-0.05, 0) is 41.6 Å². The number of rotatable bonds is 5. The Morgan fingerprint density at radius 2 is 2.12 bits per heavy atom. The van der Waals surface area contributed by atoms with Crippen molar-refractivity contribution >= 4 is 44.9 Å². The second-order valence-electron chi connectivity index (χ2n) is 5.57. The van der Waals surface area contributed by atoms with E-state index in [0.29, 0.717) is 5.82 Å². The predicted molar refractivity (Wildman–Crippen MR) is 110 cm³/mol. The minimum Gasteiger partial charge on any atom is -0.497 e. The van der Waals surface area contributed by atoms with Gasteiger partial charge in [-0.2, -0.15) is 5.10 Å². The first-order chi connectivity index (χ1) is 12.8. The van der Waals surface area contributed by atoms with Crippen LogP contribution < -0.4 is 10.2 Å². The first-order valence-corrected chi connectivity index (χ1v) is 9.67. The van der Waals surface area contributed by atoms with Crippen molar-refractivity contribution in [2.24, 2.45) is 5.10 Å². The van der Waals surface area contributed by atoms with Gasteiger partial charge in [0.15, 0.2) is 5.82 Å². The summed E-state index contributed by atoms with van der Waals surface area (Å²) in [5.74, 6) is 1.55. The van der Waals surface area contributed by atoms with Crippen LogP contribution in [0.25, 0.3) is 20.7 Å². The van der Waals surface area contributed by atoms with E-state index in [9.17, 15) is 0 Å². The molecule has 3 heterocycles. The summed E-state index contributed by atoms with van der Waals surface area (Å²) in [5.41, 5.74) is 6.23. The largest absolute Gasteiger partial charge is 0.497 e. The molecule has 0 saturated carbocycles. The smallest absolute Gasteiger partial charge is 0.167 e. The van der Waals surface area contributed by atoms with Crippen molar-refractivity contribution in [3.8, 4) is 16.2 Å². The SMILES string of the molecule is COc1cccc(-c2sc3c(NN=Cc4cccs4)ncnc3c2C)c1. The summed E-state index contributed by atoms with van der Waals surface area (Å²) in [4.78, 5) is 11.1. The van der Waals surface area contributed by atoms with Crippen molar-refractivity contribution in [3.63, 3.8) is 0 Å². The van der Waals surface area contributed by atoms with Gasteiger partial charge in [0.1, 0.15) is 12.1 Å². The minimum atomic E-state index is 0.713. The van der Waals surface area contributed by atoms with E-state index in [0.717, 1.165) is 36.8 Å². The number of fused-ring (bicyclic) bond motifs is 1. The molecule has 0 radical (unpaired) electrons. The van der Waals surface area contributed by atoms with Crippen molar-refractivity contribution in [2.75, 3.05) is 12.5 Å². The molecule has 4 rings (SSSR count). The van der Waals surface area contributed by atoms with Crippen LogP contribution in [0.3, 0.4) is 0 Å². The summed E-state index contributed by atoms with van der Waals surface area (Å²) < 4.78 is 6.34. The van der Waals surface area contributed by atoms with Crippen LogP contribution in [-0.4, -0.2) is 23.3 Å². The summed E-state index contributed by atoms with van der Waals surface area (Å²) >= 11 is 3.29. The van der Waals surface area contributed by atoms with Crippen molar-refractivity contribution in [3.05, 3.63) is 58.5 Å². The van der Waals surface area contributed by atoms with E-state index in [2.05, 4.69) is 33.5 Å². The van der Waals surface area contributed by atoms with Gasteiger partial charge in [-0.15, -0.1) is 22.7 Å². The molecule has 0 amide bonds. The first kappa shape index (κ1) is 16.7. The maximum Gasteiger partial charge on any atom is 0.167 e. The number of ether oxygens (including phenoxy) is 1. The molecule has 7 heteroatoms. The number of hydrazone groups is 1. The fourth-order valence-corrected chi connectivity index (χ4v) is 4.45. The van der Waals surface area contributed by atoms with E-state index in [4.69, 9.17) is 4.74 Å². The number of hydrogen-bond donors (Lipinski definition) is 1. The Labute approximate surface area is 159 Å². The topological polar surface area (TPSA) is 59.4 Å². The lowest BCUT2D eigenvalue weighted by molar-refractivity contribution is 0.415. The third-order valence-corrected chi connectivity index (χ3v) is 6.08. The Bertz CT molecular complexity index is 1070. The molecule has 0 fully saturated rings. The molecule has 26 heavy (non-hydrogen) atoms. The van der Waals surface area contributed by atoms with Crippen LogP contribution >= 0.6 is 22.7 Å². The minimum absolute atomic E-state index is 0.713. The number of aryl methyl sites for hydroxylation is 1. The van der Waals surface area contributed by atoms with Crippen LogP contribution in [-0.2, 0) is 0 Å². The summed E-state index contributed by atoms with van der Waals surface area (Å²) in [6.07, 6.45) is 3.36. The molecule has 1 aromatic carbocycles. The van der Waals surface area contributed by atoms with Gasteiger partial charge in [-0.25, -0.2) is 9.97 Å². The van der Waals surface area contributed by atoms with Crippen molar-refractivity contribution in [2.45, 2.75) is 6.92 Å². The Kier molecular flexibility index (Phi) is 4.64. The molecule has 130 valence electrons. The highest BCUT2D eigenvalue weighted by Gasteiger charge is 2.15. The van der Waals surface area contributed by atoms with E-state index in [1.54, 1.807) is 42.3 Å². The lowest BCUT2D eigenvalue weighted by atomic mass is 10.1. The number of anilines is 1. The third kappa shape index (κ3) is 3.18. The third-order valence-electron chi connectivity index (χ3n) is 3.94.